The van der Waals surface area contributed by atoms with Crippen LogP contribution in [0, 0.1) is 12.7 Å². The first-order valence-corrected chi connectivity index (χ1v) is 6.25. The number of aromatic nitrogens is 1. The molecule has 1 N–H and O–H groups in total. The van der Waals surface area contributed by atoms with Crippen LogP contribution >= 0.6 is 0 Å². The Morgan fingerprint density at radius 2 is 2.16 bits per heavy atom. The van der Waals surface area contributed by atoms with E-state index in [1.54, 1.807) is 25.3 Å². The quantitative estimate of drug-likeness (QED) is 0.811. The summed E-state index contributed by atoms with van der Waals surface area (Å²) in [5.41, 5.74) is 1.62. The average molecular weight is 260 g/mol. The zero-order chi connectivity index (χ0) is 13.5. The minimum absolute atomic E-state index is 0.237. The van der Waals surface area contributed by atoms with Gasteiger partial charge in [0.05, 0.1) is 5.69 Å². The standard InChI is InChI=1S/C15H17FN2O/c1-12-5-6-14(10-15(12)16)19-9-8-17-11-13-4-2-3-7-18-13/h2-7,10,17H,8-9,11H2,1H3. The van der Waals surface area contributed by atoms with Gasteiger partial charge < -0.3 is 10.1 Å². The van der Waals surface area contributed by atoms with E-state index in [-0.39, 0.29) is 5.82 Å². The summed E-state index contributed by atoms with van der Waals surface area (Å²) < 4.78 is 18.7. The molecule has 0 radical (unpaired) electrons. The van der Waals surface area contributed by atoms with Gasteiger partial charge in [-0.15, -0.1) is 0 Å². The molecular weight excluding hydrogens is 243 g/mol. The Bertz CT molecular complexity index is 517. The molecule has 0 amide bonds. The average Bonchev–Trinajstić information content (AvgIpc) is 2.43. The summed E-state index contributed by atoms with van der Waals surface area (Å²) in [7, 11) is 0. The molecule has 0 atom stereocenters. The van der Waals surface area contributed by atoms with Crippen LogP contribution in [0.15, 0.2) is 42.6 Å². The summed E-state index contributed by atoms with van der Waals surface area (Å²) >= 11 is 0. The lowest BCUT2D eigenvalue weighted by Crippen LogP contribution is -2.21. The molecule has 1 aromatic carbocycles. The second-order valence-electron chi connectivity index (χ2n) is 4.26. The summed E-state index contributed by atoms with van der Waals surface area (Å²) in [5.74, 6) is 0.321. The molecule has 0 fully saturated rings. The highest BCUT2D eigenvalue weighted by Gasteiger charge is 2.00. The smallest absolute Gasteiger partial charge is 0.129 e. The first kappa shape index (κ1) is 13.5. The molecule has 100 valence electrons. The molecular formula is C15H17FN2O. The maximum atomic E-state index is 13.3. The molecule has 1 aromatic heterocycles. The van der Waals surface area contributed by atoms with Crippen molar-refractivity contribution in [2.75, 3.05) is 13.2 Å². The molecule has 2 rings (SSSR count). The molecule has 0 aliphatic heterocycles. The van der Waals surface area contributed by atoms with Gasteiger partial charge in [0.2, 0.25) is 0 Å². The number of pyridine rings is 1. The fraction of sp³-hybridized carbons (Fsp3) is 0.267. The largest absolute Gasteiger partial charge is 0.492 e. The van der Waals surface area contributed by atoms with Gasteiger partial charge in [0.25, 0.3) is 0 Å². The highest BCUT2D eigenvalue weighted by molar-refractivity contribution is 5.27. The minimum atomic E-state index is -0.237. The van der Waals surface area contributed by atoms with E-state index in [2.05, 4.69) is 10.3 Å². The second-order valence-corrected chi connectivity index (χ2v) is 4.26. The van der Waals surface area contributed by atoms with Crippen LogP contribution in [0.3, 0.4) is 0 Å². The molecule has 19 heavy (non-hydrogen) atoms. The van der Waals surface area contributed by atoms with E-state index >= 15 is 0 Å². The summed E-state index contributed by atoms with van der Waals surface area (Å²) in [6.07, 6.45) is 1.77. The third-order valence-electron chi connectivity index (χ3n) is 2.72. The zero-order valence-electron chi connectivity index (χ0n) is 10.9. The summed E-state index contributed by atoms with van der Waals surface area (Å²) in [6, 6.07) is 10.7. The Kier molecular flexibility index (Phi) is 4.86. The predicted octanol–water partition coefficient (Wildman–Crippen LogP) is 2.70. The van der Waals surface area contributed by atoms with Crippen molar-refractivity contribution in [3.05, 3.63) is 59.7 Å². The van der Waals surface area contributed by atoms with Gasteiger partial charge in [-0.2, -0.15) is 0 Å². The van der Waals surface area contributed by atoms with Crippen molar-refractivity contribution in [2.45, 2.75) is 13.5 Å². The Morgan fingerprint density at radius 1 is 1.26 bits per heavy atom. The number of aryl methyl sites for hydroxylation is 1. The number of halogens is 1. The normalized spacial score (nSPS) is 10.4. The third-order valence-corrected chi connectivity index (χ3v) is 2.72. The van der Waals surface area contributed by atoms with E-state index in [1.807, 2.05) is 18.2 Å². The van der Waals surface area contributed by atoms with Gasteiger partial charge in [-0.3, -0.25) is 4.98 Å². The van der Waals surface area contributed by atoms with E-state index in [9.17, 15) is 4.39 Å². The van der Waals surface area contributed by atoms with Gasteiger partial charge in [-0.1, -0.05) is 12.1 Å². The van der Waals surface area contributed by atoms with Crippen LogP contribution in [0.5, 0.6) is 5.75 Å². The Balaban J connectivity index is 1.68. The predicted molar refractivity (Wildman–Crippen MR) is 72.6 cm³/mol. The second kappa shape index (κ2) is 6.85. The highest BCUT2D eigenvalue weighted by atomic mass is 19.1. The topological polar surface area (TPSA) is 34.1 Å². The molecule has 0 unspecified atom stereocenters. The first-order valence-electron chi connectivity index (χ1n) is 6.25. The van der Waals surface area contributed by atoms with Crippen LogP contribution in [0.25, 0.3) is 0 Å². The van der Waals surface area contributed by atoms with Crippen molar-refractivity contribution in [3.8, 4) is 5.75 Å². The maximum absolute atomic E-state index is 13.3. The number of hydrogen-bond donors (Lipinski definition) is 1. The van der Waals surface area contributed by atoms with Gasteiger partial charge in [0.1, 0.15) is 18.2 Å². The molecule has 0 bridgehead atoms. The van der Waals surface area contributed by atoms with E-state index in [4.69, 9.17) is 4.74 Å². The van der Waals surface area contributed by atoms with Crippen molar-refractivity contribution >= 4 is 0 Å². The summed E-state index contributed by atoms with van der Waals surface area (Å²) in [4.78, 5) is 4.20. The molecule has 0 aliphatic rings. The number of hydrogen-bond acceptors (Lipinski definition) is 3. The van der Waals surface area contributed by atoms with Gasteiger partial charge >= 0.3 is 0 Å². The van der Waals surface area contributed by atoms with E-state index in [1.165, 1.54) is 6.07 Å². The van der Waals surface area contributed by atoms with Crippen molar-refractivity contribution in [3.63, 3.8) is 0 Å². The van der Waals surface area contributed by atoms with Crippen molar-refractivity contribution < 1.29 is 9.13 Å². The molecule has 0 saturated heterocycles. The van der Waals surface area contributed by atoms with Crippen LogP contribution in [0.4, 0.5) is 4.39 Å². The number of ether oxygens (including phenoxy) is 1. The van der Waals surface area contributed by atoms with Gasteiger partial charge in [0, 0.05) is 25.4 Å². The molecule has 3 nitrogen and oxygen atoms in total. The van der Waals surface area contributed by atoms with Crippen LogP contribution in [-0.4, -0.2) is 18.1 Å². The SMILES string of the molecule is Cc1ccc(OCCNCc2ccccn2)cc1F. The van der Waals surface area contributed by atoms with Gasteiger partial charge in [-0.25, -0.2) is 4.39 Å². The Hall–Kier alpha value is -1.94. The monoisotopic (exact) mass is 260 g/mol. The molecule has 1 heterocycles. The zero-order valence-corrected chi connectivity index (χ0v) is 10.9. The summed E-state index contributed by atoms with van der Waals surface area (Å²) in [5, 5.41) is 3.22. The van der Waals surface area contributed by atoms with E-state index in [0.29, 0.717) is 31.0 Å². The van der Waals surface area contributed by atoms with Gasteiger partial charge in [-0.05, 0) is 30.7 Å². The van der Waals surface area contributed by atoms with Crippen LogP contribution in [0.1, 0.15) is 11.3 Å². The molecule has 2 aromatic rings. The van der Waals surface area contributed by atoms with Crippen molar-refractivity contribution in [1.82, 2.24) is 10.3 Å². The van der Waals surface area contributed by atoms with Gasteiger partial charge in [0.15, 0.2) is 0 Å². The minimum Gasteiger partial charge on any atom is -0.492 e. The summed E-state index contributed by atoms with van der Waals surface area (Å²) in [6.45, 7) is 3.61. The van der Waals surface area contributed by atoms with Crippen molar-refractivity contribution in [2.24, 2.45) is 0 Å². The van der Waals surface area contributed by atoms with E-state index in [0.717, 1.165) is 5.69 Å². The lowest BCUT2D eigenvalue weighted by atomic mass is 10.2. The number of nitrogens with zero attached hydrogens (tertiary/aromatic N) is 1. The highest BCUT2D eigenvalue weighted by Crippen LogP contribution is 2.15. The number of benzene rings is 1. The first-order chi connectivity index (χ1) is 9.25. The lowest BCUT2D eigenvalue weighted by molar-refractivity contribution is 0.311. The van der Waals surface area contributed by atoms with Crippen molar-refractivity contribution in [1.29, 1.82) is 0 Å². The molecule has 0 spiro atoms. The van der Waals surface area contributed by atoms with E-state index < -0.39 is 0 Å². The van der Waals surface area contributed by atoms with Crippen LogP contribution in [-0.2, 0) is 6.54 Å². The lowest BCUT2D eigenvalue weighted by Gasteiger charge is -2.08. The molecule has 4 heteroatoms. The van der Waals surface area contributed by atoms with Crippen LogP contribution in [0.2, 0.25) is 0 Å². The van der Waals surface area contributed by atoms with Crippen LogP contribution < -0.4 is 10.1 Å². The Labute approximate surface area is 112 Å². The fourth-order valence-electron chi connectivity index (χ4n) is 1.62. The Morgan fingerprint density at radius 3 is 2.89 bits per heavy atom. The number of nitrogens with one attached hydrogen (secondary N) is 1. The maximum Gasteiger partial charge on any atom is 0.129 e. The third kappa shape index (κ3) is 4.34. The molecule has 0 aliphatic carbocycles. The fourth-order valence-corrected chi connectivity index (χ4v) is 1.62. The molecule has 0 saturated carbocycles. The number of rotatable bonds is 6.